The number of rotatable bonds is 4. The second-order valence-corrected chi connectivity index (χ2v) is 6.98. The summed E-state index contributed by atoms with van der Waals surface area (Å²) in [6.45, 7) is 4.24. The molecule has 1 unspecified atom stereocenters. The molecule has 1 aromatic rings. The summed E-state index contributed by atoms with van der Waals surface area (Å²) in [6, 6.07) is 5.94. The molecular formula is C20H27F3N2O4. The minimum Gasteiger partial charge on any atom is -0.490 e. The van der Waals surface area contributed by atoms with Gasteiger partial charge in [0.15, 0.2) is 0 Å². The van der Waals surface area contributed by atoms with Gasteiger partial charge in [0.1, 0.15) is 5.75 Å². The van der Waals surface area contributed by atoms with Gasteiger partial charge in [-0.15, -0.1) is 18.1 Å². The minimum absolute atomic E-state index is 0.0494. The van der Waals surface area contributed by atoms with E-state index in [1.807, 2.05) is 29.2 Å². The molecule has 1 saturated heterocycles. The van der Waals surface area contributed by atoms with Crippen LogP contribution in [0.15, 0.2) is 30.4 Å². The number of halogens is 3. The lowest BCUT2D eigenvalue weighted by molar-refractivity contribution is -0.464. The number of hydrogen-bond donors (Lipinski definition) is 3. The van der Waals surface area contributed by atoms with Crippen molar-refractivity contribution in [2.45, 2.75) is 51.5 Å². The first-order valence-electron chi connectivity index (χ1n) is 9.69. The molecule has 3 N–H and O–H groups in total. The van der Waals surface area contributed by atoms with Crippen LogP contribution in [-0.4, -0.2) is 36.7 Å². The van der Waals surface area contributed by atoms with Gasteiger partial charge in [-0.25, -0.2) is 5.26 Å². The van der Waals surface area contributed by atoms with Gasteiger partial charge in [0.05, 0.1) is 6.10 Å². The molecule has 1 aromatic carbocycles. The highest BCUT2D eigenvalue weighted by Crippen LogP contribution is 2.31. The fourth-order valence-electron chi connectivity index (χ4n) is 3.25. The number of carbonyl (C=O) groups is 1. The van der Waals surface area contributed by atoms with Crippen LogP contribution in [0.3, 0.4) is 0 Å². The van der Waals surface area contributed by atoms with E-state index in [1.165, 1.54) is 5.56 Å². The Kier molecular flexibility index (Phi) is 8.94. The van der Waals surface area contributed by atoms with E-state index in [2.05, 4.69) is 17.6 Å². The van der Waals surface area contributed by atoms with Crippen LogP contribution in [0, 0.1) is 5.92 Å². The molecule has 3 rings (SSSR count). The second kappa shape index (κ2) is 11.2. The summed E-state index contributed by atoms with van der Waals surface area (Å²) in [4.78, 5) is 14.0. The zero-order valence-corrected chi connectivity index (χ0v) is 16.3. The normalized spacial score (nSPS) is 19.7. The fourth-order valence-corrected chi connectivity index (χ4v) is 3.25. The van der Waals surface area contributed by atoms with Gasteiger partial charge in [-0.2, -0.15) is 0 Å². The largest absolute Gasteiger partial charge is 0.549 e. The Morgan fingerprint density at radius 1 is 1.34 bits per heavy atom. The van der Waals surface area contributed by atoms with Crippen LogP contribution >= 0.6 is 0 Å². The Hall–Kier alpha value is -2.10. The first kappa shape index (κ1) is 23.2. The second-order valence-electron chi connectivity index (χ2n) is 6.98. The van der Waals surface area contributed by atoms with Crippen LogP contribution in [0.5, 0.6) is 5.75 Å². The first-order valence-corrected chi connectivity index (χ1v) is 9.69. The third-order valence-electron chi connectivity index (χ3n) is 4.82. The zero-order valence-electron chi connectivity index (χ0n) is 16.3. The molecule has 6 nitrogen and oxygen atoms in total. The van der Waals surface area contributed by atoms with Crippen LogP contribution < -0.4 is 15.4 Å². The molecule has 162 valence electrons. The molecule has 2 aliphatic rings. The van der Waals surface area contributed by atoms with Crippen molar-refractivity contribution in [1.29, 1.82) is 0 Å². The molecule has 0 saturated carbocycles. The third kappa shape index (κ3) is 8.43. The number of fused-ring (bicyclic) bond motifs is 1. The number of ether oxygens (including phenoxy) is 1. The average Bonchev–Trinajstić information content (AvgIpc) is 2.72. The number of hydrogen-bond acceptors (Lipinski definition) is 5. The summed E-state index contributed by atoms with van der Waals surface area (Å²) in [5.74, 6) is 1.43. The lowest BCUT2D eigenvalue weighted by Gasteiger charge is -2.25. The van der Waals surface area contributed by atoms with E-state index in [9.17, 15) is 18.0 Å². The average molecular weight is 416 g/mol. The van der Waals surface area contributed by atoms with Gasteiger partial charge < -0.3 is 15.4 Å². The van der Waals surface area contributed by atoms with Crippen LogP contribution in [0.25, 0.3) is 0 Å². The van der Waals surface area contributed by atoms with Crippen molar-refractivity contribution in [3.63, 3.8) is 0 Å². The van der Waals surface area contributed by atoms with Gasteiger partial charge in [0.25, 0.3) is 0 Å². The molecular weight excluding hydrogens is 389 g/mol. The van der Waals surface area contributed by atoms with E-state index in [1.54, 1.807) is 6.08 Å². The summed E-state index contributed by atoms with van der Waals surface area (Å²) in [5, 5.41) is 13.1. The Bertz CT molecular complexity index is 689. The van der Waals surface area contributed by atoms with Gasteiger partial charge in [0.2, 0.25) is 5.91 Å². The van der Waals surface area contributed by atoms with Crippen molar-refractivity contribution in [2.24, 2.45) is 5.92 Å². The standard InChI is InChI=1S/C19H26N2O2.CHF3O2/c1-2-17-6-4-15-13-16(5-7-18(15)23-17)21-19(22)8-3-14-9-11-20-12-10-14;2-1(3,4)6-5/h3,5,7-8,13-14,17,20H,2,4,6,9-12H2,1H3,(H,21,22);5H/b8-3+;. The number of amides is 1. The molecule has 2 aliphatic heterocycles. The quantitative estimate of drug-likeness (QED) is 0.388. The molecule has 0 bridgehead atoms. The minimum atomic E-state index is -4.90. The Morgan fingerprint density at radius 2 is 2.03 bits per heavy atom. The van der Waals surface area contributed by atoms with Crippen molar-refractivity contribution >= 4 is 11.6 Å². The highest BCUT2D eigenvalue weighted by molar-refractivity contribution is 5.99. The molecule has 2 heterocycles. The molecule has 0 spiro atoms. The topological polar surface area (TPSA) is 79.8 Å². The van der Waals surface area contributed by atoms with Crippen molar-refractivity contribution in [3.05, 3.63) is 35.9 Å². The Morgan fingerprint density at radius 3 is 2.66 bits per heavy atom. The summed E-state index contributed by atoms with van der Waals surface area (Å²) < 4.78 is 36.9. The number of benzene rings is 1. The van der Waals surface area contributed by atoms with E-state index in [0.29, 0.717) is 12.0 Å². The van der Waals surface area contributed by atoms with Gasteiger partial charge in [-0.1, -0.05) is 13.0 Å². The van der Waals surface area contributed by atoms with Crippen LogP contribution in [-0.2, 0) is 16.1 Å². The molecule has 1 fully saturated rings. The Labute approximate surface area is 168 Å². The molecule has 9 heteroatoms. The highest BCUT2D eigenvalue weighted by atomic mass is 19.4. The van der Waals surface area contributed by atoms with Gasteiger partial charge in [0, 0.05) is 5.69 Å². The highest BCUT2D eigenvalue weighted by Gasteiger charge is 2.28. The fraction of sp³-hybridized carbons (Fsp3) is 0.550. The van der Waals surface area contributed by atoms with E-state index in [4.69, 9.17) is 9.99 Å². The molecule has 0 aromatic heterocycles. The number of nitrogens with one attached hydrogen (secondary N) is 2. The van der Waals surface area contributed by atoms with Crippen LogP contribution in [0.1, 0.15) is 38.2 Å². The number of anilines is 1. The Balaban J connectivity index is 0.000000438. The molecule has 29 heavy (non-hydrogen) atoms. The van der Waals surface area contributed by atoms with E-state index >= 15 is 0 Å². The zero-order chi connectivity index (χ0) is 21.3. The SMILES string of the molecule is CCC1CCc2cc(NC(=O)/C=C/C3CCNCC3)ccc2O1.OOC(F)(F)F. The monoisotopic (exact) mass is 416 g/mol. The van der Waals surface area contributed by atoms with Crippen LogP contribution in [0.2, 0.25) is 0 Å². The summed E-state index contributed by atoms with van der Waals surface area (Å²) in [7, 11) is 0. The molecule has 1 amide bonds. The van der Waals surface area contributed by atoms with Crippen molar-refractivity contribution in [2.75, 3.05) is 18.4 Å². The van der Waals surface area contributed by atoms with E-state index in [0.717, 1.165) is 56.6 Å². The van der Waals surface area contributed by atoms with Crippen LogP contribution in [0.4, 0.5) is 18.9 Å². The maximum absolute atomic E-state index is 12.1. The van der Waals surface area contributed by atoms with Crippen molar-refractivity contribution in [1.82, 2.24) is 5.32 Å². The molecule has 0 aliphatic carbocycles. The van der Waals surface area contributed by atoms with Crippen molar-refractivity contribution in [3.8, 4) is 5.75 Å². The van der Waals surface area contributed by atoms with Gasteiger partial charge in [-0.3, -0.25) is 4.79 Å². The smallest absolute Gasteiger partial charge is 0.490 e. The maximum atomic E-state index is 12.1. The number of aryl methyl sites for hydroxylation is 1. The predicted molar refractivity (Wildman–Crippen MR) is 103 cm³/mol. The summed E-state index contributed by atoms with van der Waals surface area (Å²) in [5.41, 5.74) is 2.04. The first-order chi connectivity index (χ1) is 13.8. The number of alkyl halides is 3. The predicted octanol–water partition coefficient (Wildman–Crippen LogP) is 4.28. The number of carbonyl (C=O) groups excluding carboxylic acids is 1. The van der Waals surface area contributed by atoms with E-state index < -0.39 is 6.36 Å². The van der Waals surface area contributed by atoms with Crippen molar-refractivity contribution < 1.29 is 32.8 Å². The summed E-state index contributed by atoms with van der Waals surface area (Å²) in [6.07, 6.45) is 4.48. The van der Waals surface area contributed by atoms with Gasteiger partial charge in [-0.05, 0) is 81.0 Å². The number of allylic oxidation sites excluding steroid dienone is 1. The van der Waals surface area contributed by atoms with E-state index in [-0.39, 0.29) is 5.91 Å². The third-order valence-corrected chi connectivity index (χ3v) is 4.82. The van der Waals surface area contributed by atoms with Gasteiger partial charge >= 0.3 is 6.36 Å². The maximum Gasteiger partial charge on any atom is 0.549 e. The molecule has 0 radical (unpaired) electrons. The lowest BCUT2D eigenvalue weighted by atomic mass is 9.98. The summed E-state index contributed by atoms with van der Waals surface area (Å²) >= 11 is 0. The lowest BCUT2D eigenvalue weighted by Crippen LogP contribution is -2.27. The molecule has 1 atom stereocenters. The number of piperidine rings is 1.